The molecule has 1 aromatic heterocycles. The highest BCUT2D eigenvalue weighted by Crippen LogP contribution is 2.66. The van der Waals surface area contributed by atoms with Crippen molar-refractivity contribution in [2.24, 2.45) is 16.7 Å². The van der Waals surface area contributed by atoms with E-state index in [1.807, 2.05) is 13.1 Å². The number of pyridine rings is 1. The fraction of sp³-hybridized carbons (Fsp3) is 0.706. The molecule has 0 saturated heterocycles. The topological polar surface area (TPSA) is 34.1 Å². The molecule has 0 aliphatic heterocycles. The monoisotopic (exact) mass is 308 g/mol. The first-order valence-electron chi connectivity index (χ1n) is 7.84. The number of aromatic nitrogens is 1. The molecule has 0 spiro atoms. The van der Waals surface area contributed by atoms with Gasteiger partial charge in [0.1, 0.15) is 6.10 Å². The number of halogens is 1. The lowest BCUT2D eigenvalue weighted by Gasteiger charge is -2.38. The Labute approximate surface area is 132 Å². The van der Waals surface area contributed by atoms with Crippen LogP contribution in [-0.2, 0) is 6.54 Å². The third-order valence-corrected chi connectivity index (χ3v) is 6.59. The van der Waals surface area contributed by atoms with Crippen LogP contribution in [0.15, 0.2) is 12.3 Å². The van der Waals surface area contributed by atoms with E-state index in [0.29, 0.717) is 16.3 Å². The highest BCUT2D eigenvalue weighted by molar-refractivity contribution is 6.31. The van der Waals surface area contributed by atoms with Crippen LogP contribution in [0.4, 0.5) is 0 Å². The van der Waals surface area contributed by atoms with Crippen molar-refractivity contribution in [2.75, 3.05) is 7.05 Å². The van der Waals surface area contributed by atoms with E-state index < -0.39 is 0 Å². The van der Waals surface area contributed by atoms with Gasteiger partial charge in [-0.1, -0.05) is 32.4 Å². The fourth-order valence-corrected chi connectivity index (χ4v) is 4.47. The first-order chi connectivity index (χ1) is 9.88. The Kier molecular flexibility index (Phi) is 3.69. The number of rotatable bonds is 4. The molecule has 116 valence electrons. The van der Waals surface area contributed by atoms with Gasteiger partial charge in [0, 0.05) is 24.2 Å². The zero-order chi connectivity index (χ0) is 15.3. The van der Waals surface area contributed by atoms with E-state index in [1.165, 1.54) is 12.8 Å². The molecule has 3 atom stereocenters. The van der Waals surface area contributed by atoms with Gasteiger partial charge in [0.2, 0.25) is 5.88 Å². The third kappa shape index (κ3) is 2.25. The molecule has 1 heterocycles. The summed E-state index contributed by atoms with van der Waals surface area (Å²) in [5.41, 5.74) is 1.65. The van der Waals surface area contributed by atoms with Gasteiger partial charge in [0.25, 0.3) is 0 Å². The largest absolute Gasteiger partial charge is 0.474 e. The summed E-state index contributed by atoms with van der Waals surface area (Å²) < 4.78 is 6.29. The quantitative estimate of drug-likeness (QED) is 0.911. The number of hydrogen-bond donors (Lipinski definition) is 1. The molecule has 3 nitrogen and oxygen atoms in total. The molecule has 2 aliphatic carbocycles. The van der Waals surface area contributed by atoms with E-state index in [9.17, 15) is 0 Å². The molecular weight excluding hydrogens is 284 g/mol. The van der Waals surface area contributed by atoms with Gasteiger partial charge < -0.3 is 10.1 Å². The Morgan fingerprint density at radius 2 is 2.19 bits per heavy atom. The summed E-state index contributed by atoms with van der Waals surface area (Å²) >= 11 is 6.17. The van der Waals surface area contributed by atoms with Gasteiger partial charge in [-0.15, -0.1) is 0 Å². The lowest BCUT2D eigenvalue weighted by Crippen LogP contribution is -2.39. The molecule has 0 amide bonds. The van der Waals surface area contributed by atoms with Crippen LogP contribution in [0, 0.1) is 16.7 Å². The molecule has 2 fully saturated rings. The van der Waals surface area contributed by atoms with Crippen LogP contribution in [0.25, 0.3) is 0 Å². The normalized spacial score (nSPS) is 33.4. The number of ether oxygens (including phenoxy) is 1. The maximum Gasteiger partial charge on any atom is 0.213 e. The van der Waals surface area contributed by atoms with Crippen molar-refractivity contribution < 1.29 is 4.74 Å². The first-order valence-corrected chi connectivity index (χ1v) is 8.22. The second-order valence-corrected chi connectivity index (χ2v) is 7.77. The molecule has 3 unspecified atom stereocenters. The summed E-state index contributed by atoms with van der Waals surface area (Å²) in [6.07, 6.45) is 5.70. The minimum Gasteiger partial charge on any atom is -0.474 e. The van der Waals surface area contributed by atoms with Crippen molar-refractivity contribution >= 4 is 11.6 Å². The number of fused-ring (bicyclic) bond motifs is 2. The fourth-order valence-electron chi connectivity index (χ4n) is 4.30. The molecule has 1 aromatic rings. The SMILES string of the molecule is CNCc1cc(OC2CC3CCC2(C)C3(C)C)ncc1Cl. The minimum absolute atomic E-state index is 0.252. The average Bonchev–Trinajstić information content (AvgIpc) is 2.76. The standard InChI is InChI=1S/C17H25ClN2O/c1-16(2)12-5-6-17(16,3)14(8-12)21-15-7-11(9-19-4)13(18)10-20-15/h7,10,12,14,19H,5-6,8-9H2,1-4H3. The Bertz CT molecular complexity index is 546. The lowest BCUT2D eigenvalue weighted by atomic mass is 9.70. The Hall–Kier alpha value is -0.800. The van der Waals surface area contributed by atoms with E-state index in [1.54, 1.807) is 6.20 Å². The Morgan fingerprint density at radius 1 is 1.43 bits per heavy atom. The van der Waals surface area contributed by atoms with Crippen molar-refractivity contribution in [1.82, 2.24) is 10.3 Å². The van der Waals surface area contributed by atoms with Crippen molar-refractivity contribution in [1.29, 1.82) is 0 Å². The van der Waals surface area contributed by atoms with E-state index in [0.717, 1.165) is 24.4 Å². The van der Waals surface area contributed by atoms with Crippen molar-refractivity contribution in [3.63, 3.8) is 0 Å². The van der Waals surface area contributed by atoms with Gasteiger partial charge in [-0.3, -0.25) is 0 Å². The first kappa shape index (κ1) is 15.1. The summed E-state index contributed by atoms with van der Waals surface area (Å²) in [5.74, 6) is 1.48. The zero-order valence-corrected chi connectivity index (χ0v) is 14.1. The molecule has 4 heteroatoms. The van der Waals surface area contributed by atoms with Crippen LogP contribution in [0.1, 0.15) is 45.6 Å². The Morgan fingerprint density at radius 3 is 2.76 bits per heavy atom. The summed E-state index contributed by atoms with van der Waals surface area (Å²) in [4.78, 5) is 4.37. The van der Waals surface area contributed by atoms with Crippen molar-refractivity contribution in [3.05, 3.63) is 22.8 Å². The van der Waals surface area contributed by atoms with Crippen LogP contribution >= 0.6 is 11.6 Å². The van der Waals surface area contributed by atoms with Gasteiger partial charge in [-0.05, 0) is 43.2 Å². The van der Waals surface area contributed by atoms with Crippen LogP contribution in [0.5, 0.6) is 5.88 Å². The molecular formula is C17H25ClN2O. The Balaban J connectivity index is 1.81. The van der Waals surface area contributed by atoms with Gasteiger partial charge in [-0.25, -0.2) is 4.98 Å². The average molecular weight is 309 g/mol. The second kappa shape index (κ2) is 5.13. The molecule has 2 aliphatic rings. The summed E-state index contributed by atoms with van der Waals surface area (Å²) in [7, 11) is 1.91. The van der Waals surface area contributed by atoms with Gasteiger partial charge in [0.05, 0.1) is 5.02 Å². The predicted molar refractivity (Wildman–Crippen MR) is 85.7 cm³/mol. The van der Waals surface area contributed by atoms with E-state index in [4.69, 9.17) is 16.3 Å². The molecule has 0 aromatic carbocycles. The second-order valence-electron chi connectivity index (χ2n) is 7.36. The van der Waals surface area contributed by atoms with Crippen LogP contribution in [0.3, 0.4) is 0 Å². The van der Waals surface area contributed by atoms with Crippen LogP contribution < -0.4 is 10.1 Å². The summed E-state index contributed by atoms with van der Waals surface area (Å²) in [6.45, 7) is 7.91. The maximum absolute atomic E-state index is 6.29. The minimum atomic E-state index is 0.252. The molecule has 0 radical (unpaired) electrons. The lowest BCUT2D eigenvalue weighted by molar-refractivity contribution is 0.0272. The predicted octanol–water partition coefficient (Wildman–Crippen LogP) is 4.05. The molecule has 2 saturated carbocycles. The van der Waals surface area contributed by atoms with Crippen LogP contribution in [0.2, 0.25) is 5.02 Å². The van der Waals surface area contributed by atoms with E-state index in [2.05, 4.69) is 31.1 Å². The van der Waals surface area contributed by atoms with Gasteiger partial charge in [-0.2, -0.15) is 0 Å². The van der Waals surface area contributed by atoms with E-state index in [-0.39, 0.29) is 11.5 Å². The number of nitrogens with one attached hydrogen (secondary N) is 1. The smallest absolute Gasteiger partial charge is 0.213 e. The van der Waals surface area contributed by atoms with Gasteiger partial charge >= 0.3 is 0 Å². The van der Waals surface area contributed by atoms with Crippen molar-refractivity contribution in [3.8, 4) is 5.88 Å². The zero-order valence-electron chi connectivity index (χ0n) is 13.4. The summed E-state index contributed by atoms with van der Waals surface area (Å²) in [6, 6.07) is 1.97. The number of hydrogen-bond acceptors (Lipinski definition) is 3. The highest BCUT2D eigenvalue weighted by atomic mass is 35.5. The van der Waals surface area contributed by atoms with Crippen LogP contribution in [-0.4, -0.2) is 18.1 Å². The van der Waals surface area contributed by atoms with Crippen molar-refractivity contribution in [2.45, 2.75) is 52.7 Å². The molecule has 3 rings (SSSR count). The third-order valence-electron chi connectivity index (χ3n) is 6.25. The molecule has 2 bridgehead atoms. The van der Waals surface area contributed by atoms with E-state index >= 15 is 0 Å². The number of nitrogens with zero attached hydrogens (tertiary/aromatic N) is 1. The molecule has 1 N–H and O–H groups in total. The molecule has 21 heavy (non-hydrogen) atoms. The van der Waals surface area contributed by atoms with Gasteiger partial charge in [0.15, 0.2) is 0 Å². The maximum atomic E-state index is 6.29. The highest BCUT2D eigenvalue weighted by Gasteiger charge is 2.62. The summed E-state index contributed by atoms with van der Waals surface area (Å²) in [5, 5.41) is 3.82.